The van der Waals surface area contributed by atoms with E-state index in [1.165, 1.54) is 38.5 Å². The molecule has 0 saturated carbocycles. The lowest BCUT2D eigenvalue weighted by atomic mass is 9.75. The van der Waals surface area contributed by atoms with Crippen LogP contribution in [0.2, 0.25) is 0 Å². The number of carbonyl (C=O) groups is 1. The summed E-state index contributed by atoms with van der Waals surface area (Å²) in [5.41, 5.74) is -0.282. The number of carboxylic acid groups (broad SMARTS) is 1. The molecule has 0 aromatic heterocycles. The lowest BCUT2D eigenvalue weighted by Crippen LogP contribution is -2.45. The summed E-state index contributed by atoms with van der Waals surface area (Å²) in [5.74, 6) is 0. The molecule has 2 N–H and O–H groups in total. The summed E-state index contributed by atoms with van der Waals surface area (Å²) in [6.07, 6.45) is 8.90. The van der Waals surface area contributed by atoms with Crippen molar-refractivity contribution in [3.63, 3.8) is 0 Å². The molecule has 0 saturated heterocycles. The van der Waals surface area contributed by atoms with Crippen LogP contribution in [-0.4, -0.2) is 24.5 Å². The lowest BCUT2D eigenvalue weighted by molar-refractivity contribution is 0.187. The molecule has 0 fully saturated rings. The van der Waals surface area contributed by atoms with Crippen LogP contribution in [0.25, 0.3) is 0 Å². The van der Waals surface area contributed by atoms with Gasteiger partial charge in [-0.1, -0.05) is 51.9 Å². The van der Waals surface area contributed by atoms with Crippen molar-refractivity contribution >= 4 is 13.9 Å². The quantitative estimate of drug-likeness (QED) is 0.470. The van der Waals surface area contributed by atoms with Gasteiger partial charge in [0.05, 0.1) is 0 Å². The third kappa shape index (κ3) is 9.87. The zero-order valence-corrected chi connectivity index (χ0v) is 11.0. The van der Waals surface area contributed by atoms with E-state index in [0.717, 1.165) is 12.8 Å². The molecule has 0 aliphatic rings. The van der Waals surface area contributed by atoms with Gasteiger partial charge in [0.25, 0.3) is 0 Å². The van der Waals surface area contributed by atoms with Crippen LogP contribution in [0.1, 0.15) is 65.2 Å². The van der Waals surface area contributed by atoms with E-state index in [4.69, 9.17) is 5.11 Å². The summed E-state index contributed by atoms with van der Waals surface area (Å²) in [6, 6.07) is 0. The molecule has 0 spiro atoms. The van der Waals surface area contributed by atoms with Gasteiger partial charge >= 0.3 is 6.09 Å². The first-order valence-corrected chi connectivity index (χ1v) is 6.49. The summed E-state index contributed by atoms with van der Waals surface area (Å²) >= 11 is 0. The van der Waals surface area contributed by atoms with Gasteiger partial charge in [-0.3, -0.25) is 0 Å². The minimum Gasteiger partial charge on any atom is -0.465 e. The minimum atomic E-state index is -0.923. The highest BCUT2D eigenvalue weighted by molar-refractivity contribution is 6.16. The highest BCUT2D eigenvalue weighted by atomic mass is 16.4. The van der Waals surface area contributed by atoms with Crippen LogP contribution in [0.3, 0.4) is 0 Å². The van der Waals surface area contributed by atoms with Crippen LogP contribution in [0.5, 0.6) is 0 Å². The maximum Gasteiger partial charge on any atom is 0.404 e. The molecule has 0 aromatic rings. The first-order chi connectivity index (χ1) is 7.48. The summed E-state index contributed by atoms with van der Waals surface area (Å²) in [7, 11) is 1.94. The molecule has 4 heteroatoms. The predicted molar refractivity (Wildman–Crippen MR) is 70.7 cm³/mol. The van der Waals surface area contributed by atoms with Crippen LogP contribution in [0.15, 0.2) is 0 Å². The van der Waals surface area contributed by atoms with Gasteiger partial charge in [0.2, 0.25) is 0 Å². The Hall–Kier alpha value is -0.665. The van der Waals surface area contributed by atoms with Crippen molar-refractivity contribution in [1.82, 2.24) is 5.32 Å². The molecule has 0 aliphatic heterocycles. The van der Waals surface area contributed by atoms with E-state index in [-0.39, 0.29) is 5.44 Å². The van der Waals surface area contributed by atoms with Crippen LogP contribution in [-0.2, 0) is 0 Å². The molecule has 1 unspecified atom stereocenters. The summed E-state index contributed by atoms with van der Waals surface area (Å²) in [5, 5.41) is 11.2. The largest absolute Gasteiger partial charge is 0.465 e. The lowest BCUT2D eigenvalue weighted by Gasteiger charge is -2.24. The number of hydrogen-bond acceptors (Lipinski definition) is 1. The molecule has 1 atom stereocenters. The van der Waals surface area contributed by atoms with Crippen molar-refractivity contribution in [2.24, 2.45) is 0 Å². The third-order valence-corrected chi connectivity index (χ3v) is 2.85. The molecule has 16 heavy (non-hydrogen) atoms. The highest BCUT2D eigenvalue weighted by Gasteiger charge is 2.18. The molecule has 3 nitrogen and oxygen atoms in total. The number of amides is 1. The van der Waals surface area contributed by atoms with E-state index in [1.807, 2.05) is 14.8 Å². The van der Waals surface area contributed by atoms with Gasteiger partial charge in [0.15, 0.2) is 0 Å². The van der Waals surface area contributed by atoms with Gasteiger partial charge in [-0.05, 0) is 13.3 Å². The molecular formula is C12H26BNO2. The summed E-state index contributed by atoms with van der Waals surface area (Å²) in [6.45, 7) is 4.16. The topological polar surface area (TPSA) is 49.3 Å². The van der Waals surface area contributed by atoms with Crippen molar-refractivity contribution in [2.45, 2.75) is 70.7 Å². The molecule has 0 aromatic carbocycles. The first-order valence-electron chi connectivity index (χ1n) is 6.49. The number of hydrogen-bond donors (Lipinski definition) is 2. The van der Waals surface area contributed by atoms with Gasteiger partial charge < -0.3 is 10.4 Å². The fourth-order valence-corrected chi connectivity index (χ4v) is 1.88. The average Bonchev–Trinajstić information content (AvgIpc) is 2.14. The zero-order chi connectivity index (χ0) is 12.4. The monoisotopic (exact) mass is 227 g/mol. The van der Waals surface area contributed by atoms with E-state index in [2.05, 4.69) is 12.2 Å². The van der Waals surface area contributed by atoms with E-state index < -0.39 is 6.09 Å². The Balaban J connectivity index is 3.39. The third-order valence-electron chi connectivity index (χ3n) is 2.85. The maximum absolute atomic E-state index is 10.5. The van der Waals surface area contributed by atoms with Gasteiger partial charge in [-0.15, -0.1) is 0 Å². The van der Waals surface area contributed by atoms with Gasteiger partial charge in [-0.25, -0.2) is 4.79 Å². The normalized spacial score (nSPS) is 14.4. The molecule has 0 heterocycles. The number of unbranched alkanes of at least 4 members (excludes halogenated alkanes) is 6. The minimum absolute atomic E-state index is 0.282. The zero-order valence-electron chi connectivity index (χ0n) is 11.0. The molecule has 1 amide bonds. The Kier molecular flexibility index (Phi) is 8.13. The molecule has 0 radical (unpaired) electrons. The Morgan fingerprint density at radius 2 is 1.69 bits per heavy atom. The van der Waals surface area contributed by atoms with Crippen molar-refractivity contribution in [1.29, 1.82) is 0 Å². The maximum atomic E-state index is 10.5. The standard InChI is InChI=1S/C12H26BNO2/c1-3-4-5-6-7-8-9-10-12(2,13)14-11(15)16/h14H,3-10,13H2,1-2H3,(H,15,16). The first kappa shape index (κ1) is 15.3. The number of rotatable bonds is 9. The highest BCUT2D eigenvalue weighted by Crippen LogP contribution is 2.13. The fourth-order valence-electron chi connectivity index (χ4n) is 1.88. The summed E-state index contributed by atoms with van der Waals surface area (Å²) < 4.78 is 0. The fraction of sp³-hybridized carbons (Fsp3) is 0.917. The summed E-state index contributed by atoms with van der Waals surface area (Å²) in [4.78, 5) is 10.5. The Bertz CT molecular complexity index is 195. The number of nitrogens with one attached hydrogen (secondary N) is 1. The van der Waals surface area contributed by atoms with Crippen molar-refractivity contribution in [3.05, 3.63) is 0 Å². The van der Waals surface area contributed by atoms with Gasteiger partial charge in [-0.2, -0.15) is 0 Å². The SMILES string of the molecule is BC(C)(CCCCCCCCC)NC(=O)O. The predicted octanol–water partition coefficient (Wildman–Crippen LogP) is 2.74. The average molecular weight is 227 g/mol. The van der Waals surface area contributed by atoms with Gasteiger partial charge in [0.1, 0.15) is 7.85 Å². The smallest absolute Gasteiger partial charge is 0.404 e. The van der Waals surface area contributed by atoms with E-state index in [9.17, 15) is 4.79 Å². The second kappa shape index (κ2) is 8.48. The Morgan fingerprint density at radius 1 is 1.19 bits per heavy atom. The van der Waals surface area contributed by atoms with Crippen LogP contribution >= 0.6 is 0 Å². The Labute approximate surface area is 100 Å². The molecular weight excluding hydrogens is 201 g/mol. The van der Waals surface area contributed by atoms with Crippen molar-refractivity contribution in [2.75, 3.05) is 0 Å². The molecule has 94 valence electrons. The van der Waals surface area contributed by atoms with E-state index in [1.54, 1.807) is 0 Å². The van der Waals surface area contributed by atoms with Gasteiger partial charge in [0, 0.05) is 5.44 Å². The van der Waals surface area contributed by atoms with Crippen LogP contribution in [0, 0.1) is 0 Å². The van der Waals surface area contributed by atoms with E-state index in [0.29, 0.717) is 0 Å². The van der Waals surface area contributed by atoms with Crippen LogP contribution in [0.4, 0.5) is 4.79 Å². The molecule has 0 bridgehead atoms. The van der Waals surface area contributed by atoms with Crippen molar-refractivity contribution in [3.8, 4) is 0 Å². The second-order valence-electron chi connectivity index (χ2n) is 5.19. The Morgan fingerprint density at radius 3 is 2.19 bits per heavy atom. The van der Waals surface area contributed by atoms with Crippen molar-refractivity contribution < 1.29 is 9.90 Å². The molecule has 0 rings (SSSR count). The molecule has 0 aliphatic carbocycles. The van der Waals surface area contributed by atoms with E-state index >= 15 is 0 Å². The van der Waals surface area contributed by atoms with Crippen LogP contribution < -0.4 is 5.32 Å². The second-order valence-corrected chi connectivity index (χ2v) is 5.19.